The van der Waals surface area contributed by atoms with E-state index in [4.69, 9.17) is 19.3 Å². The Morgan fingerprint density at radius 2 is 0.846 bits per heavy atom. The molecule has 0 aromatic heterocycles. The van der Waals surface area contributed by atoms with Crippen LogP contribution in [0.15, 0.2) is 0 Å². The molecule has 2 N–H and O–H groups in total. The maximum Gasteiger partial charge on any atom is 0.469 e. The standard InChI is InChI=1S/C43H85O8P/c1-4-6-7-8-9-10-11-21-25-28-31-34-37-43(45)51-41(39-50-52(46,47)48)38-49-42(44)36-33-30-27-24-22-19-17-15-13-12-14-16-18-20-23-26-29-32-35-40(3)5-2/h40-41H,4-39H2,1-3H3,(H2,46,47,48)/t40?,41-/m1/s1. The van der Waals surface area contributed by atoms with Crippen LogP contribution in [-0.2, 0) is 28.2 Å². The van der Waals surface area contributed by atoms with E-state index in [1.165, 1.54) is 161 Å². The summed E-state index contributed by atoms with van der Waals surface area (Å²) in [6, 6.07) is 0. The molecule has 0 aromatic rings. The first-order valence-electron chi connectivity index (χ1n) is 22.2. The lowest BCUT2D eigenvalue weighted by Crippen LogP contribution is -2.29. The zero-order chi connectivity index (χ0) is 38.4. The Bertz CT molecular complexity index is 832. The highest BCUT2D eigenvalue weighted by atomic mass is 31.2. The van der Waals surface area contributed by atoms with Gasteiger partial charge >= 0.3 is 19.8 Å². The van der Waals surface area contributed by atoms with Crippen molar-refractivity contribution in [2.45, 2.75) is 245 Å². The van der Waals surface area contributed by atoms with Gasteiger partial charge in [-0.15, -0.1) is 0 Å². The molecule has 0 saturated carbocycles. The van der Waals surface area contributed by atoms with Crippen LogP contribution in [-0.4, -0.2) is 41.0 Å². The average molecular weight is 761 g/mol. The smallest absolute Gasteiger partial charge is 0.462 e. The van der Waals surface area contributed by atoms with E-state index >= 15 is 0 Å². The number of rotatable bonds is 41. The van der Waals surface area contributed by atoms with Gasteiger partial charge in [0.1, 0.15) is 6.61 Å². The molecule has 0 aliphatic heterocycles. The summed E-state index contributed by atoms with van der Waals surface area (Å²) in [6.07, 6.45) is 39.7. The highest BCUT2D eigenvalue weighted by molar-refractivity contribution is 7.46. The van der Waals surface area contributed by atoms with Crippen LogP contribution in [0.3, 0.4) is 0 Å². The largest absolute Gasteiger partial charge is 0.469 e. The molecule has 0 bridgehead atoms. The molecule has 0 spiro atoms. The van der Waals surface area contributed by atoms with Gasteiger partial charge in [0.05, 0.1) is 6.61 Å². The van der Waals surface area contributed by atoms with Crippen LogP contribution in [0.25, 0.3) is 0 Å². The summed E-state index contributed by atoms with van der Waals surface area (Å²) in [7, 11) is -4.74. The number of carbonyl (C=O) groups is 2. The molecular weight excluding hydrogens is 675 g/mol. The average Bonchev–Trinajstić information content (AvgIpc) is 3.11. The van der Waals surface area contributed by atoms with Gasteiger partial charge in [-0.2, -0.15) is 0 Å². The van der Waals surface area contributed by atoms with Crippen molar-refractivity contribution >= 4 is 19.8 Å². The van der Waals surface area contributed by atoms with Gasteiger partial charge in [-0.25, -0.2) is 4.57 Å². The van der Waals surface area contributed by atoms with Gasteiger partial charge in [0.15, 0.2) is 6.10 Å². The number of hydrogen-bond donors (Lipinski definition) is 2. The van der Waals surface area contributed by atoms with Crippen molar-refractivity contribution < 1.29 is 37.9 Å². The number of carbonyl (C=O) groups excluding carboxylic acids is 2. The fraction of sp³-hybridized carbons (Fsp3) is 0.953. The summed E-state index contributed by atoms with van der Waals surface area (Å²) in [6.45, 7) is 6.10. The Labute approximate surface area is 321 Å². The van der Waals surface area contributed by atoms with E-state index in [1.54, 1.807) is 0 Å². The number of ether oxygens (including phenoxy) is 2. The SMILES string of the molecule is CCCCCCCCCCCCCCC(=O)O[C@H](COC(=O)CCCCCCCCCCCCCCCCCCCCC(C)CC)COP(=O)(O)O. The van der Waals surface area contributed by atoms with Crippen molar-refractivity contribution in [3.8, 4) is 0 Å². The summed E-state index contributed by atoms with van der Waals surface area (Å²) < 4.78 is 26.4. The molecule has 1 unspecified atom stereocenters. The molecular formula is C43H85O8P. The first-order chi connectivity index (χ1) is 25.2. The van der Waals surface area contributed by atoms with Gasteiger partial charge in [-0.3, -0.25) is 14.1 Å². The van der Waals surface area contributed by atoms with Crippen LogP contribution < -0.4 is 0 Å². The van der Waals surface area contributed by atoms with Gasteiger partial charge in [0, 0.05) is 12.8 Å². The summed E-state index contributed by atoms with van der Waals surface area (Å²) in [5.41, 5.74) is 0. The van der Waals surface area contributed by atoms with Crippen molar-refractivity contribution in [3.63, 3.8) is 0 Å². The number of hydrogen-bond acceptors (Lipinski definition) is 6. The Morgan fingerprint density at radius 1 is 0.500 bits per heavy atom. The Hall–Kier alpha value is -0.950. The molecule has 0 saturated heterocycles. The topological polar surface area (TPSA) is 119 Å². The second-order valence-corrected chi connectivity index (χ2v) is 16.9. The summed E-state index contributed by atoms with van der Waals surface area (Å²) in [5, 5.41) is 0. The normalized spacial score (nSPS) is 12.9. The third-order valence-electron chi connectivity index (χ3n) is 10.4. The van der Waals surface area contributed by atoms with Crippen LogP contribution in [0.1, 0.15) is 239 Å². The van der Waals surface area contributed by atoms with Crippen LogP contribution in [0, 0.1) is 5.92 Å². The summed E-state index contributed by atoms with van der Waals surface area (Å²) in [4.78, 5) is 42.8. The second kappa shape index (κ2) is 38.3. The van der Waals surface area contributed by atoms with E-state index in [1.807, 2.05) is 0 Å². The molecule has 52 heavy (non-hydrogen) atoms. The van der Waals surface area contributed by atoms with Gasteiger partial charge in [0.25, 0.3) is 0 Å². The van der Waals surface area contributed by atoms with Gasteiger partial charge in [0.2, 0.25) is 0 Å². The quantitative estimate of drug-likeness (QED) is 0.0359. The molecule has 0 aromatic carbocycles. The highest BCUT2D eigenvalue weighted by Gasteiger charge is 2.23. The van der Waals surface area contributed by atoms with Crippen LogP contribution in [0.4, 0.5) is 0 Å². The van der Waals surface area contributed by atoms with E-state index in [0.717, 1.165) is 44.4 Å². The minimum absolute atomic E-state index is 0.219. The predicted molar refractivity (Wildman–Crippen MR) is 216 cm³/mol. The summed E-state index contributed by atoms with van der Waals surface area (Å²) >= 11 is 0. The van der Waals surface area contributed by atoms with Crippen molar-refractivity contribution in [2.24, 2.45) is 5.92 Å². The maximum absolute atomic E-state index is 12.4. The van der Waals surface area contributed by atoms with Crippen molar-refractivity contribution in [3.05, 3.63) is 0 Å². The Kier molecular flexibility index (Phi) is 37.6. The predicted octanol–water partition coefficient (Wildman–Crippen LogP) is 13.5. The van der Waals surface area contributed by atoms with E-state index in [9.17, 15) is 14.2 Å². The fourth-order valence-electron chi connectivity index (χ4n) is 6.70. The van der Waals surface area contributed by atoms with Crippen LogP contribution in [0.2, 0.25) is 0 Å². The zero-order valence-electron chi connectivity index (χ0n) is 34.4. The third kappa shape index (κ3) is 40.2. The molecule has 0 aliphatic rings. The summed E-state index contributed by atoms with van der Waals surface area (Å²) in [5.74, 6) is 0.0335. The number of phosphoric ester groups is 1. The minimum Gasteiger partial charge on any atom is -0.462 e. The van der Waals surface area contributed by atoms with Crippen LogP contribution >= 0.6 is 7.82 Å². The molecule has 0 aliphatic carbocycles. The Balaban J connectivity index is 3.78. The first kappa shape index (κ1) is 51.0. The first-order valence-corrected chi connectivity index (χ1v) is 23.8. The number of unbranched alkanes of at least 4 members (excludes halogenated alkanes) is 28. The van der Waals surface area contributed by atoms with E-state index in [2.05, 4.69) is 25.3 Å². The molecule has 9 heteroatoms. The van der Waals surface area contributed by atoms with Gasteiger partial charge in [-0.1, -0.05) is 213 Å². The van der Waals surface area contributed by atoms with Crippen molar-refractivity contribution in [1.29, 1.82) is 0 Å². The maximum atomic E-state index is 12.4. The zero-order valence-corrected chi connectivity index (χ0v) is 35.3. The molecule has 310 valence electrons. The molecule has 0 rings (SSSR count). The molecule has 0 fully saturated rings. The van der Waals surface area contributed by atoms with Gasteiger partial charge in [-0.05, 0) is 18.8 Å². The van der Waals surface area contributed by atoms with Crippen LogP contribution in [0.5, 0.6) is 0 Å². The van der Waals surface area contributed by atoms with Crippen molar-refractivity contribution in [2.75, 3.05) is 13.2 Å². The minimum atomic E-state index is -4.74. The monoisotopic (exact) mass is 761 g/mol. The van der Waals surface area contributed by atoms with E-state index < -0.39 is 32.5 Å². The third-order valence-corrected chi connectivity index (χ3v) is 10.9. The lowest BCUT2D eigenvalue weighted by Gasteiger charge is -2.18. The molecule has 2 atom stereocenters. The molecule has 0 heterocycles. The highest BCUT2D eigenvalue weighted by Crippen LogP contribution is 2.36. The number of esters is 2. The second-order valence-electron chi connectivity index (χ2n) is 15.6. The molecule has 8 nitrogen and oxygen atoms in total. The Morgan fingerprint density at radius 3 is 1.21 bits per heavy atom. The van der Waals surface area contributed by atoms with Crippen molar-refractivity contribution in [1.82, 2.24) is 0 Å². The van der Waals surface area contributed by atoms with E-state index in [-0.39, 0.29) is 19.4 Å². The van der Waals surface area contributed by atoms with Gasteiger partial charge < -0.3 is 19.3 Å². The fourth-order valence-corrected chi connectivity index (χ4v) is 7.06. The number of phosphoric acid groups is 1. The molecule has 0 radical (unpaired) electrons. The molecule has 0 amide bonds. The van der Waals surface area contributed by atoms with E-state index in [0.29, 0.717) is 6.42 Å². The lowest BCUT2D eigenvalue weighted by molar-refractivity contribution is -0.161. The lowest BCUT2D eigenvalue weighted by atomic mass is 9.99.